The highest BCUT2D eigenvalue weighted by Gasteiger charge is 2.33. The van der Waals surface area contributed by atoms with Crippen LogP contribution in [0.3, 0.4) is 0 Å². The molecule has 98 valence electrons. The van der Waals surface area contributed by atoms with Crippen LogP contribution in [0.25, 0.3) is 0 Å². The Hall–Kier alpha value is -1.18. The van der Waals surface area contributed by atoms with Crippen molar-refractivity contribution in [1.82, 2.24) is 0 Å². The number of nitrogens with two attached hydrogens (primary N) is 1. The molecule has 2 aliphatic rings. The van der Waals surface area contributed by atoms with E-state index in [1.165, 1.54) is 56.3 Å². The minimum absolute atomic E-state index is 0.771. The molecule has 3 rings (SSSR count). The molecule has 2 unspecified atom stereocenters. The van der Waals surface area contributed by atoms with Gasteiger partial charge in [-0.25, -0.2) is 0 Å². The zero-order valence-corrected chi connectivity index (χ0v) is 11.4. The Balaban J connectivity index is 1.92. The number of hydrogen-bond acceptors (Lipinski definition) is 2. The third kappa shape index (κ3) is 1.98. The first kappa shape index (κ1) is 11.9. The molecule has 1 aliphatic heterocycles. The van der Waals surface area contributed by atoms with Crippen LogP contribution in [-0.4, -0.2) is 12.6 Å². The van der Waals surface area contributed by atoms with Crippen LogP contribution in [0.1, 0.15) is 44.1 Å². The lowest BCUT2D eigenvalue weighted by molar-refractivity contribution is 0.243. The fourth-order valence-electron chi connectivity index (χ4n) is 3.88. The number of piperidine rings is 1. The lowest BCUT2D eigenvalue weighted by Crippen LogP contribution is -2.47. The van der Waals surface area contributed by atoms with Crippen molar-refractivity contribution in [2.24, 2.45) is 5.92 Å². The SMILES string of the molecule is Cc1c(N)cccc1N1CCCC2CCCCC21. The number of hydrogen-bond donors (Lipinski definition) is 1. The summed E-state index contributed by atoms with van der Waals surface area (Å²) in [6.07, 6.45) is 8.42. The van der Waals surface area contributed by atoms with E-state index in [-0.39, 0.29) is 0 Å². The minimum atomic E-state index is 0.771. The van der Waals surface area contributed by atoms with Crippen LogP contribution in [0.15, 0.2) is 18.2 Å². The molecule has 2 N–H and O–H groups in total. The van der Waals surface area contributed by atoms with Gasteiger partial charge in [0.25, 0.3) is 0 Å². The normalized spacial score (nSPS) is 27.9. The second-order valence-electron chi connectivity index (χ2n) is 5.94. The fourth-order valence-corrected chi connectivity index (χ4v) is 3.88. The van der Waals surface area contributed by atoms with Crippen molar-refractivity contribution in [3.8, 4) is 0 Å². The van der Waals surface area contributed by atoms with Gasteiger partial charge in [-0.1, -0.05) is 18.9 Å². The Bertz CT molecular complexity index is 425. The molecular formula is C16H24N2. The average Bonchev–Trinajstić information content (AvgIpc) is 2.41. The van der Waals surface area contributed by atoms with Gasteiger partial charge in [-0.15, -0.1) is 0 Å². The van der Waals surface area contributed by atoms with Gasteiger partial charge in [0, 0.05) is 24.0 Å². The molecule has 1 saturated carbocycles. The molecule has 0 spiro atoms. The Kier molecular flexibility index (Phi) is 3.19. The number of benzene rings is 1. The number of rotatable bonds is 1. The highest BCUT2D eigenvalue weighted by Crippen LogP contribution is 2.39. The number of nitrogen functional groups attached to an aromatic ring is 1. The van der Waals surface area contributed by atoms with Crippen molar-refractivity contribution < 1.29 is 0 Å². The van der Waals surface area contributed by atoms with Gasteiger partial charge in [-0.2, -0.15) is 0 Å². The molecule has 18 heavy (non-hydrogen) atoms. The molecule has 0 bridgehead atoms. The second kappa shape index (κ2) is 4.83. The van der Waals surface area contributed by atoms with E-state index in [4.69, 9.17) is 5.73 Å². The maximum absolute atomic E-state index is 6.07. The van der Waals surface area contributed by atoms with E-state index >= 15 is 0 Å². The van der Waals surface area contributed by atoms with Crippen LogP contribution >= 0.6 is 0 Å². The Morgan fingerprint density at radius 1 is 1.11 bits per heavy atom. The first-order valence-corrected chi connectivity index (χ1v) is 7.39. The molecule has 1 heterocycles. The van der Waals surface area contributed by atoms with Crippen molar-refractivity contribution in [3.05, 3.63) is 23.8 Å². The minimum Gasteiger partial charge on any atom is -0.398 e. The first-order chi connectivity index (χ1) is 8.77. The molecule has 1 aromatic carbocycles. The van der Waals surface area contributed by atoms with E-state index in [1.807, 2.05) is 6.07 Å². The van der Waals surface area contributed by atoms with E-state index in [2.05, 4.69) is 24.0 Å². The van der Waals surface area contributed by atoms with Crippen molar-refractivity contribution in [2.75, 3.05) is 17.2 Å². The third-order valence-corrected chi connectivity index (χ3v) is 4.90. The van der Waals surface area contributed by atoms with Gasteiger partial charge >= 0.3 is 0 Å². The van der Waals surface area contributed by atoms with Crippen molar-refractivity contribution in [1.29, 1.82) is 0 Å². The molecule has 1 aliphatic carbocycles. The maximum Gasteiger partial charge on any atom is 0.0419 e. The van der Waals surface area contributed by atoms with Crippen molar-refractivity contribution in [3.63, 3.8) is 0 Å². The standard InChI is InChI=1S/C16H24N2/c1-12-14(17)8-4-10-15(12)18-11-5-7-13-6-2-3-9-16(13)18/h4,8,10,13,16H,2-3,5-7,9,11,17H2,1H3. The summed E-state index contributed by atoms with van der Waals surface area (Å²) < 4.78 is 0. The predicted octanol–water partition coefficient (Wildman–Crippen LogP) is 3.74. The molecule has 2 atom stereocenters. The molecule has 1 aromatic rings. The summed E-state index contributed by atoms with van der Waals surface area (Å²) in [5, 5.41) is 0. The Labute approximate surface area is 110 Å². The summed E-state index contributed by atoms with van der Waals surface area (Å²) in [6.45, 7) is 3.38. The highest BCUT2D eigenvalue weighted by molar-refractivity contribution is 5.64. The van der Waals surface area contributed by atoms with Crippen LogP contribution in [0, 0.1) is 12.8 Å². The van der Waals surface area contributed by atoms with E-state index in [0.717, 1.165) is 17.6 Å². The summed E-state index contributed by atoms with van der Waals surface area (Å²) in [5.41, 5.74) is 9.65. The summed E-state index contributed by atoms with van der Waals surface area (Å²) in [6, 6.07) is 7.14. The quantitative estimate of drug-likeness (QED) is 0.763. The molecule has 2 heteroatoms. The summed E-state index contributed by atoms with van der Waals surface area (Å²) in [7, 11) is 0. The summed E-state index contributed by atoms with van der Waals surface area (Å²) in [5.74, 6) is 0.924. The van der Waals surface area contributed by atoms with Gasteiger partial charge < -0.3 is 10.6 Å². The zero-order chi connectivity index (χ0) is 12.5. The third-order valence-electron chi connectivity index (χ3n) is 4.90. The lowest BCUT2D eigenvalue weighted by Gasteiger charge is -2.46. The van der Waals surface area contributed by atoms with E-state index in [9.17, 15) is 0 Å². The molecular weight excluding hydrogens is 220 g/mol. The predicted molar refractivity (Wildman–Crippen MR) is 77.9 cm³/mol. The second-order valence-corrected chi connectivity index (χ2v) is 5.94. The van der Waals surface area contributed by atoms with E-state index in [0.29, 0.717) is 0 Å². The zero-order valence-electron chi connectivity index (χ0n) is 11.4. The fraction of sp³-hybridized carbons (Fsp3) is 0.625. The van der Waals surface area contributed by atoms with Gasteiger partial charge in [-0.05, 0) is 56.2 Å². The molecule has 0 aromatic heterocycles. The van der Waals surface area contributed by atoms with Crippen molar-refractivity contribution in [2.45, 2.75) is 51.5 Å². The number of nitrogens with zero attached hydrogens (tertiary/aromatic N) is 1. The van der Waals surface area contributed by atoms with Gasteiger partial charge in [0.15, 0.2) is 0 Å². The van der Waals surface area contributed by atoms with Crippen LogP contribution in [0.2, 0.25) is 0 Å². The summed E-state index contributed by atoms with van der Waals surface area (Å²) in [4.78, 5) is 2.65. The van der Waals surface area contributed by atoms with Crippen LogP contribution in [0.4, 0.5) is 11.4 Å². The van der Waals surface area contributed by atoms with E-state index < -0.39 is 0 Å². The van der Waals surface area contributed by atoms with Gasteiger partial charge in [-0.3, -0.25) is 0 Å². The lowest BCUT2D eigenvalue weighted by atomic mass is 9.78. The smallest absolute Gasteiger partial charge is 0.0419 e. The monoisotopic (exact) mass is 244 g/mol. The first-order valence-electron chi connectivity index (χ1n) is 7.39. The maximum atomic E-state index is 6.07. The molecule has 0 radical (unpaired) electrons. The van der Waals surface area contributed by atoms with Gasteiger partial charge in [0.05, 0.1) is 0 Å². The molecule has 2 nitrogen and oxygen atoms in total. The largest absolute Gasteiger partial charge is 0.398 e. The number of anilines is 2. The average molecular weight is 244 g/mol. The Morgan fingerprint density at radius 3 is 2.78 bits per heavy atom. The van der Waals surface area contributed by atoms with Crippen LogP contribution in [0.5, 0.6) is 0 Å². The van der Waals surface area contributed by atoms with Gasteiger partial charge in [0.1, 0.15) is 0 Å². The van der Waals surface area contributed by atoms with E-state index in [1.54, 1.807) is 0 Å². The Morgan fingerprint density at radius 2 is 1.89 bits per heavy atom. The molecule has 0 amide bonds. The van der Waals surface area contributed by atoms with Crippen LogP contribution in [-0.2, 0) is 0 Å². The number of fused-ring (bicyclic) bond motifs is 1. The van der Waals surface area contributed by atoms with Gasteiger partial charge in [0.2, 0.25) is 0 Å². The van der Waals surface area contributed by atoms with Crippen LogP contribution < -0.4 is 10.6 Å². The summed E-state index contributed by atoms with van der Waals surface area (Å²) >= 11 is 0. The topological polar surface area (TPSA) is 29.3 Å². The molecule has 2 fully saturated rings. The molecule has 1 saturated heterocycles. The van der Waals surface area contributed by atoms with Crippen molar-refractivity contribution >= 4 is 11.4 Å². The highest BCUT2D eigenvalue weighted by atomic mass is 15.2.